The van der Waals surface area contributed by atoms with Crippen LogP contribution in [-0.4, -0.2) is 16.2 Å². The molecule has 0 bridgehead atoms. The van der Waals surface area contributed by atoms with Crippen LogP contribution in [0.4, 0.5) is 0 Å². The number of aromatic nitrogens is 1. The molecule has 1 unspecified atom stereocenters. The van der Waals surface area contributed by atoms with Crippen molar-refractivity contribution in [1.29, 1.82) is 0 Å². The molecular formula is C19H26ClNO2. The maximum absolute atomic E-state index is 10.2. The second-order valence-electron chi connectivity index (χ2n) is 5.57. The van der Waals surface area contributed by atoms with Crippen LogP contribution >= 0.6 is 12.4 Å². The number of benzene rings is 1. The lowest BCUT2D eigenvalue weighted by Crippen LogP contribution is -2.11. The summed E-state index contributed by atoms with van der Waals surface area (Å²) in [6.45, 7) is 2.62. The van der Waals surface area contributed by atoms with E-state index in [9.17, 15) is 5.11 Å². The normalized spacial score (nSPS) is 11.6. The third kappa shape index (κ3) is 7.02. The van der Waals surface area contributed by atoms with Gasteiger partial charge >= 0.3 is 0 Å². The van der Waals surface area contributed by atoms with Crippen molar-refractivity contribution in [2.75, 3.05) is 0 Å². The van der Waals surface area contributed by atoms with E-state index < -0.39 is 0 Å². The fourth-order valence-electron chi connectivity index (χ4n) is 2.43. The number of rotatable bonds is 9. The number of pyridine rings is 1. The van der Waals surface area contributed by atoms with E-state index in [-0.39, 0.29) is 18.5 Å². The molecule has 0 aliphatic rings. The van der Waals surface area contributed by atoms with Crippen LogP contribution in [0.25, 0.3) is 0 Å². The summed E-state index contributed by atoms with van der Waals surface area (Å²) < 4.78 is 5.88. The summed E-state index contributed by atoms with van der Waals surface area (Å²) in [6, 6.07) is 13.7. The summed E-state index contributed by atoms with van der Waals surface area (Å²) in [7, 11) is 0. The molecule has 0 amide bonds. The largest absolute Gasteiger partial charge is 0.487 e. The summed E-state index contributed by atoms with van der Waals surface area (Å²) in [4.78, 5) is 4.26. The second kappa shape index (κ2) is 11.0. The molecule has 2 aromatic rings. The Labute approximate surface area is 145 Å². The van der Waals surface area contributed by atoms with Gasteiger partial charge in [0.1, 0.15) is 12.4 Å². The number of aliphatic hydroxyl groups excluding tert-OH is 1. The van der Waals surface area contributed by atoms with Gasteiger partial charge in [0.15, 0.2) is 0 Å². The first-order valence-electron chi connectivity index (χ1n) is 8.08. The van der Waals surface area contributed by atoms with Crippen molar-refractivity contribution in [1.82, 2.24) is 4.98 Å². The average molecular weight is 336 g/mol. The monoisotopic (exact) mass is 335 g/mol. The van der Waals surface area contributed by atoms with Crippen LogP contribution in [0.2, 0.25) is 0 Å². The van der Waals surface area contributed by atoms with E-state index in [0.29, 0.717) is 13.0 Å². The highest BCUT2D eigenvalue weighted by molar-refractivity contribution is 5.85. The third-order valence-corrected chi connectivity index (χ3v) is 3.67. The first kappa shape index (κ1) is 19.5. The van der Waals surface area contributed by atoms with E-state index in [1.165, 1.54) is 12.8 Å². The molecule has 1 aromatic heterocycles. The lowest BCUT2D eigenvalue weighted by atomic mass is 10.0. The number of ether oxygens (including phenoxy) is 1. The van der Waals surface area contributed by atoms with E-state index in [2.05, 4.69) is 11.9 Å². The Morgan fingerprint density at radius 1 is 1.09 bits per heavy atom. The van der Waals surface area contributed by atoms with Crippen molar-refractivity contribution >= 4 is 12.4 Å². The number of hydrogen-bond donors (Lipinski definition) is 1. The number of aliphatic hydroxyl groups is 1. The minimum absolute atomic E-state index is 0. The molecule has 0 spiro atoms. The second-order valence-corrected chi connectivity index (χ2v) is 5.57. The summed E-state index contributed by atoms with van der Waals surface area (Å²) >= 11 is 0. The molecule has 0 saturated heterocycles. The van der Waals surface area contributed by atoms with E-state index in [1.54, 1.807) is 6.20 Å². The number of halogens is 1. The Bertz CT molecular complexity index is 548. The van der Waals surface area contributed by atoms with Gasteiger partial charge in [0.2, 0.25) is 0 Å². The molecule has 3 nitrogen and oxygen atoms in total. The quantitative estimate of drug-likeness (QED) is 0.683. The Morgan fingerprint density at radius 3 is 2.61 bits per heavy atom. The van der Waals surface area contributed by atoms with Gasteiger partial charge < -0.3 is 9.84 Å². The first-order chi connectivity index (χ1) is 10.8. The van der Waals surface area contributed by atoms with E-state index in [4.69, 9.17) is 4.74 Å². The number of unbranched alkanes of at least 4 members (excludes halogenated alkanes) is 2. The SMILES string of the molecule is CCCCCC(O)Cc1ccccc1OCc1ccccn1.Cl. The topological polar surface area (TPSA) is 42.4 Å². The Balaban J connectivity index is 0.00000264. The molecule has 0 radical (unpaired) electrons. The molecule has 1 aromatic carbocycles. The molecule has 1 N–H and O–H groups in total. The first-order valence-corrected chi connectivity index (χ1v) is 8.08. The van der Waals surface area contributed by atoms with Crippen LogP contribution < -0.4 is 4.74 Å². The fraction of sp³-hybridized carbons (Fsp3) is 0.421. The molecule has 1 heterocycles. The van der Waals surface area contributed by atoms with E-state index >= 15 is 0 Å². The fourth-order valence-corrected chi connectivity index (χ4v) is 2.43. The lowest BCUT2D eigenvalue weighted by Gasteiger charge is -2.14. The van der Waals surface area contributed by atoms with Gasteiger partial charge in [-0.1, -0.05) is 50.5 Å². The molecule has 0 aliphatic heterocycles. The Morgan fingerprint density at radius 2 is 1.87 bits per heavy atom. The smallest absolute Gasteiger partial charge is 0.130 e. The predicted molar refractivity (Wildman–Crippen MR) is 96.1 cm³/mol. The molecule has 4 heteroatoms. The highest BCUT2D eigenvalue weighted by Gasteiger charge is 2.10. The van der Waals surface area contributed by atoms with Gasteiger partial charge in [0.05, 0.1) is 11.8 Å². The molecule has 0 aliphatic carbocycles. The maximum atomic E-state index is 10.2. The summed E-state index contributed by atoms with van der Waals surface area (Å²) in [5.74, 6) is 0.836. The van der Waals surface area contributed by atoms with Gasteiger partial charge in [-0.05, 0) is 30.2 Å². The van der Waals surface area contributed by atoms with Gasteiger partial charge in [-0.15, -0.1) is 12.4 Å². The summed E-state index contributed by atoms with van der Waals surface area (Å²) in [5, 5.41) is 10.2. The number of para-hydroxylation sites is 1. The van der Waals surface area contributed by atoms with E-state index in [1.807, 2.05) is 42.5 Å². The maximum Gasteiger partial charge on any atom is 0.130 e. The molecule has 1 atom stereocenters. The highest BCUT2D eigenvalue weighted by atomic mass is 35.5. The molecular weight excluding hydrogens is 310 g/mol. The van der Waals surface area contributed by atoms with Crippen molar-refractivity contribution in [2.24, 2.45) is 0 Å². The molecule has 0 saturated carbocycles. The minimum Gasteiger partial charge on any atom is -0.487 e. The van der Waals surface area contributed by atoms with E-state index in [0.717, 1.165) is 29.8 Å². The van der Waals surface area contributed by atoms with Gasteiger partial charge in [-0.3, -0.25) is 4.98 Å². The Kier molecular flexibility index (Phi) is 9.34. The predicted octanol–water partition coefficient (Wildman–Crippen LogP) is 4.57. The minimum atomic E-state index is -0.300. The van der Waals surface area contributed by atoms with Crippen molar-refractivity contribution in [3.63, 3.8) is 0 Å². The summed E-state index contributed by atoms with van der Waals surface area (Å²) in [5.41, 5.74) is 1.96. The molecule has 23 heavy (non-hydrogen) atoms. The zero-order valence-electron chi connectivity index (χ0n) is 13.6. The van der Waals surface area contributed by atoms with Crippen LogP contribution in [0.3, 0.4) is 0 Å². The van der Waals surface area contributed by atoms with Crippen molar-refractivity contribution in [2.45, 2.75) is 51.7 Å². The standard InChI is InChI=1S/C19H25NO2.ClH/c1-2-3-4-11-18(21)14-16-9-5-6-12-19(16)22-15-17-10-7-8-13-20-17;/h5-10,12-13,18,21H,2-4,11,14-15H2,1H3;1H. The molecule has 0 fully saturated rings. The van der Waals surface area contributed by atoms with Crippen molar-refractivity contribution < 1.29 is 9.84 Å². The zero-order chi connectivity index (χ0) is 15.6. The zero-order valence-corrected chi connectivity index (χ0v) is 14.5. The molecule has 2 rings (SSSR count). The highest BCUT2D eigenvalue weighted by Crippen LogP contribution is 2.22. The Hall–Kier alpha value is -1.58. The van der Waals surface area contributed by atoms with Crippen LogP contribution in [0.1, 0.15) is 43.9 Å². The van der Waals surface area contributed by atoms with Crippen molar-refractivity contribution in [3.8, 4) is 5.75 Å². The van der Waals surface area contributed by atoms with Gasteiger partial charge in [0, 0.05) is 12.6 Å². The van der Waals surface area contributed by atoms with Crippen LogP contribution in [-0.2, 0) is 13.0 Å². The van der Waals surface area contributed by atoms with Gasteiger partial charge in [-0.25, -0.2) is 0 Å². The number of hydrogen-bond acceptors (Lipinski definition) is 3. The van der Waals surface area contributed by atoms with Gasteiger partial charge in [-0.2, -0.15) is 0 Å². The van der Waals surface area contributed by atoms with Crippen LogP contribution in [0.15, 0.2) is 48.7 Å². The average Bonchev–Trinajstić information content (AvgIpc) is 2.55. The van der Waals surface area contributed by atoms with Crippen molar-refractivity contribution in [3.05, 3.63) is 59.9 Å². The van der Waals surface area contributed by atoms with Crippen LogP contribution in [0, 0.1) is 0 Å². The van der Waals surface area contributed by atoms with Gasteiger partial charge in [0.25, 0.3) is 0 Å². The molecule has 126 valence electrons. The summed E-state index contributed by atoms with van der Waals surface area (Å²) in [6.07, 6.45) is 6.39. The third-order valence-electron chi connectivity index (χ3n) is 3.67. The van der Waals surface area contributed by atoms with Crippen LogP contribution in [0.5, 0.6) is 5.75 Å². The lowest BCUT2D eigenvalue weighted by molar-refractivity contribution is 0.159. The number of nitrogens with zero attached hydrogens (tertiary/aromatic N) is 1.